The molecule has 0 saturated carbocycles. The Hall–Kier alpha value is -1.88. The lowest BCUT2D eigenvalue weighted by atomic mass is 10.1. The predicted octanol–water partition coefficient (Wildman–Crippen LogP) is 3.14. The van der Waals surface area contributed by atoms with Crippen LogP contribution in [0.4, 0.5) is 5.69 Å². The Kier molecular flexibility index (Phi) is 7.75. The average Bonchev–Trinajstić information content (AvgIpc) is 2.61. The molecule has 2 amide bonds. The molecule has 1 N–H and O–H groups in total. The van der Waals surface area contributed by atoms with Gasteiger partial charge in [-0.2, -0.15) is 0 Å². The molecule has 1 aromatic rings. The maximum absolute atomic E-state index is 12.1. The summed E-state index contributed by atoms with van der Waals surface area (Å²) in [5.41, 5.74) is 1.50. The molecule has 0 spiro atoms. The number of nitrogens with zero attached hydrogens (tertiary/aromatic N) is 1. The Balaban J connectivity index is 1.74. The highest BCUT2D eigenvalue weighted by atomic mass is 16.5. The van der Waals surface area contributed by atoms with Gasteiger partial charge >= 0.3 is 0 Å². The monoisotopic (exact) mass is 332 g/mol. The molecule has 1 aromatic carbocycles. The number of piperidine rings is 1. The number of rotatable bonds is 9. The molecule has 0 atom stereocenters. The van der Waals surface area contributed by atoms with Crippen LogP contribution >= 0.6 is 0 Å². The van der Waals surface area contributed by atoms with Crippen molar-refractivity contribution in [1.29, 1.82) is 0 Å². The van der Waals surface area contributed by atoms with Crippen LogP contribution in [0.2, 0.25) is 0 Å². The first kappa shape index (κ1) is 18.5. The molecule has 5 heteroatoms. The second-order valence-corrected chi connectivity index (χ2v) is 6.12. The zero-order valence-corrected chi connectivity index (χ0v) is 14.6. The molecule has 1 aliphatic heterocycles. The van der Waals surface area contributed by atoms with Crippen molar-refractivity contribution in [2.45, 2.75) is 45.4 Å². The molecule has 1 heterocycles. The molecule has 5 nitrogen and oxygen atoms in total. The van der Waals surface area contributed by atoms with Gasteiger partial charge in [-0.25, -0.2) is 0 Å². The largest absolute Gasteiger partial charge is 0.381 e. The van der Waals surface area contributed by atoms with Crippen LogP contribution in [0.25, 0.3) is 0 Å². The molecule has 0 bridgehead atoms. The number of anilines is 1. The first-order chi connectivity index (χ1) is 11.7. The third-order valence-corrected chi connectivity index (χ3v) is 4.16. The maximum Gasteiger partial charge on any atom is 0.251 e. The maximum atomic E-state index is 12.1. The normalized spacial score (nSPS) is 14.7. The number of unbranched alkanes of at least 4 members (excludes halogenated alkanes) is 1. The highest BCUT2D eigenvalue weighted by Gasteiger charge is 2.19. The summed E-state index contributed by atoms with van der Waals surface area (Å²) < 4.78 is 5.47. The molecule has 1 aliphatic rings. The fourth-order valence-electron chi connectivity index (χ4n) is 2.70. The van der Waals surface area contributed by atoms with E-state index in [-0.39, 0.29) is 11.8 Å². The van der Waals surface area contributed by atoms with Crippen molar-refractivity contribution in [2.24, 2.45) is 0 Å². The minimum absolute atomic E-state index is 0.0833. The van der Waals surface area contributed by atoms with Crippen molar-refractivity contribution in [2.75, 3.05) is 31.2 Å². The van der Waals surface area contributed by atoms with Gasteiger partial charge in [0.25, 0.3) is 5.91 Å². The van der Waals surface area contributed by atoms with Gasteiger partial charge in [-0.1, -0.05) is 13.3 Å². The SMILES string of the molecule is CCCCOCCCNC(=O)c1ccc(N2CCCCC2=O)cc1. The first-order valence-electron chi connectivity index (χ1n) is 8.98. The topological polar surface area (TPSA) is 58.6 Å². The van der Waals surface area contributed by atoms with E-state index < -0.39 is 0 Å². The molecular weight excluding hydrogens is 304 g/mol. The second-order valence-electron chi connectivity index (χ2n) is 6.12. The summed E-state index contributed by atoms with van der Waals surface area (Å²) >= 11 is 0. The number of ether oxygens (including phenoxy) is 1. The van der Waals surface area contributed by atoms with Gasteiger partial charge in [0.2, 0.25) is 5.91 Å². The van der Waals surface area contributed by atoms with E-state index in [1.807, 2.05) is 12.1 Å². The Morgan fingerprint density at radius 3 is 2.62 bits per heavy atom. The number of amides is 2. The van der Waals surface area contributed by atoms with Gasteiger partial charge in [0.05, 0.1) is 0 Å². The van der Waals surface area contributed by atoms with Gasteiger partial charge in [-0.05, 0) is 49.9 Å². The number of benzene rings is 1. The van der Waals surface area contributed by atoms with Crippen molar-refractivity contribution in [1.82, 2.24) is 5.32 Å². The van der Waals surface area contributed by atoms with E-state index in [4.69, 9.17) is 4.74 Å². The van der Waals surface area contributed by atoms with Crippen molar-refractivity contribution in [3.8, 4) is 0 Å². The van der Waals surface area contributed by atoms with Crippen molar-refractivity contribution >= 4 is 17.5 Å². The predicted molar refractivity (Wildman–Crippen MR) is 95.3 cm³/mol. The standard InChI is InChI=1S/C19H28N2O3/c1-2-3-14-24-15-6-12-20-19(23)16-8-10-17(11-9-16)21-13-5-4-7-18(21)22/h8-11H,2-7,12-15H2,1H3,(H,20,23). The molecule has 1 fully saturated rings. The van der Waals surface area contributed by atoms with E-state index in [0.29, 0.717) is 25.1 Å². The lowest BCUT2D eigenvalue weighted by Gasteiger charge is -2.26. The third kappa shape index (κ3) is 5.64. The van der Waals surface area contributed by atoms with Gasteiger partial charge in [-0.3, -0.25) is 9.59 Å². The number of carbonyl (C=O) groups is 2. The Morgan fingerprint density at radius 2 is 1.92 bits per heavy atom. The molecular formula is C19H28N2O3. The lowest BCUT2D eigenvalue weighted by molar-refractivity contribution is -0.119. The van der Waals surface area contributed by atoms with Crippen LogP contribution in [-0.4, -0.2) is 38.1 Å². The van der Waals surface area contributed by atoms with Gasteiger partial charge < -0.3 is 15.0 Å². The first-order valence-corrected chi connectivity index (χ1v) is 8.98. The van der Waals surface area contributed by atoms with Crippen molar-refractivity contribution in [3.05, 3.63) is 29.8 Å². The lowest BCUT2D eigenvalue weighted by Crippen LogP contribution is -2.35. The summed E-state index contributed by atoms with van der Waals surface area (Å²) in [6.45, 7) is 4.98. The molecule has 0 aromatic heterocycles. The molecule has 0 radical (unpaired) electrons. The number of carbonyl (C=O) groups excluding carboxylic acids is 2. The van der Waals surface area contributed by atoms with Crippen LogP contribution in [0.15, 0.2) is 24.3 Å². The summed E-state index contributed by atoms with van der Waals surface area (Å²) in [7, 11) is 0. The zero-order chi connectivity index (χ0) is 17.2. The van der Waals surface area contributed by atoms with E-state index in [9.17, 15) is 9.59 Å². The van der Waals surface area contributed by atoms with E-state index in [2.05, 4.69) is 12.2 Å². The third-order valence-electron chi connectivity index (χ3n) is 4.16. The minimum Gasteiger partial charge on any atom is -0.381 e. The second kappa shape index (κ2) is 10.1. The fourth-order valence-corrected chi connectivity index (χ4v) is 2.70. The number of hydrogen-bond donors (Lipinski definition) is 1. The van der Waals surface area contributed by atoms with Gasteiger partial charge in [-0.15, -0.1) is 0 Å². The van der Waals surface area contributed by atoms with Gasteiger partial charge in [0.1, 0.15) is 0 Å². The van der Waals surface area contributed by atoms with Crippen LogP contribution in [0, 0.1) is 0 Å². The van der Waals surface area contributed by atoms with Gasteiger partial charge in [0, 0.05) is 44.0 Å². The molecule has 0 aliphatic carbocycles. The summed E-state index contributed by atoms with van der Waals surface area (Å²) in [6.07, 6.45) is 5.65. The van der Waals surface area contributed by atoms with E-state index in [1.165, 1.54) is 0 Å². The molecule has 0 unspecified atom stereocenters. The highest BCUT2D eigenvalue weighted by Crippen LogP contribution is 2.21. The average molecular weight is 332 g/mol. The Bertz CT molecular complexity index is 528. The van der Waals surface area contributed by atoms with E-state index in [0.717, 1.165) is 50.9 Å². The Labute approximate surface area is 144 Å². The molecule has 1 saturated heterocycles. The molecule has 24 heavy (non-hydrogen) atoms. The van der Waals surface area contributed by atoms with Crippen LogP contribution in [0.3, 0.4) is 0 Å². The minimum atomic E-state index is -0.0833. The summed E-state index contributed by atoms with van der Waals surface area (Å²) in [4.78, 5) is 25.8. The summed E-state index contributed by atoms with van der Waals surface area (Å²) in [5, 5.41) is 2.90. The number of nitrogens with one attached hydrogen (secondary N) is 1. The number of hydrogen-bond acceptors (Lipinski definition) is 3. The smallest absolute Gasteiger partial charge is 0.251 e. The van der Waals surface area contributed by atoms with Crippen LogP contribution in [0.5, 0.6) is 0 Å². The molecule has 2 rings (SSSR count). The van der Waals surface area contributed by atoms with Crippen molar-refractivity contribution in [3.63, 3.8) is 0 Å². The Morgan fingerprint density at radius 1 is 1.17 bits per heavy atom. The van der Waals surface area contributed by atoms with Crippen LogP contribution in [-0.2, 0) is 9.53 Å². The quantitative estimate of drug-likeness (QED) is 0.707. The van der Waals surface area contributed by atoms with E-state index >= 15 is 0 Å². The van der Waals surface area contributed by atoms with Crippen molar-refractivity contribution < 1.29 is 14.3 Å². The van der Waals surface area contributed by atoms with Crippen LogP contribution < -0.4 is 10.2 Å². The highest BCUT2D eigenvalue weighted by molar-refractivity contribution is 5.96. The molecule has 132 valence electrons. The van der Waals surface area contributed by atoms with E-state index in [1.54, 1.807) is 17.0 Å². The fraction of sp³-hybridized carbons (Fsp3) is 0.579. The van der Waals surface area contributed by atoms with Gasteiger partial charge in [0.15, 0.2) is 0 Å². The van der Waals surface area contributed by atoms with Crippen LogP contribution in [0.1, 0.15) is 55.8 Å². The summed E-state index contributed by atoms with van der Waals surface area (Å²) in [6, 6.07) is 7.27. The zero-order valence-electron chi connectivity index (χ0n) is 14.6. The summed E-state index contributed by atoms with van der Waals surface area (Å²) in [5.74, 6) is 0.0848.